The zero-order chi connectivity index (χ0) is 11.2. The largest absolute Gasteiger partial charge is 0.468 e. The van der Waals surface area contributed by atoms with Crippen LogP contribution in [0.4, 0.5) is 0 Å². The van der Waals surface area contributed by atoms with Gasteiger partial charge in [-0.1, -0.05) is 30.3 Å². The molecule has 0 amide bonds. The summed E-state index contributed by atoms with van der Waals surface area (Å²) in [5.41, 5.74) is 7.38. The smallest absolute Gasteiger partial charge is 0.120 e. The Hall–Kier alpha value is -1.54. The summed E-state index contributed by atoms with van der Waals surface area (Å²) >= 11 is 0. The van der Waals surface area contributed by atoms with Crippen molar-refractivity contribution in [2.45, 2.75) is 25.3 Å². The van der Waals surface area contributed by atoms with Crippen LogP contribution >= 0.6 is 0 Å². The summed E-state index contributed by atoms with van der Waals surface area (Å²) in [6.07, 6.45) is 4.80. The Morgan fingerprint density at radius 1 is 1.06 bits per heavy atom. The predicted octanol–water partition coefficient (Wildman–Crippen LogP) is 3.30. The summed E-state index contributed by atoms with van der Waals surface area (Å²) in [6, 6.07) is 14.3. The lowest BCUT2D eigenvalue weighted by atomic mass is 10.0. The summed E-state index contributed by atoms with van der Waals surface area (Å²) in [7, 11) is 0. The maximum atomic E-state index is 6.01. The molecule has 0 spiro atoms. The van der Waals surface area contributed by atoms with Gasteiger partial charge in [0.2, 0.25) is 0 Å². The molecular formula is C14H17NO. The number of hydrogen-bond acceptors (Lipinski definition) is 2. The highest BCUT2D eigenvalue weighted by atomic mass is 16.3. The van der Waals surface area contributed by atoms with E-state index in [0.29, 0.717) is 0 Å². The minimum atomic E-state index is 0.0266. The molecule has 0 aliphatic rings. The first-order valence-electron chi connectivity index (χ1n) is 5.69. The third-order valence-electron chi connectivity index (χ3n) is 2.73. The normalized spacial score (nSPS) is 12.6. The van der Waals surface area contributed by atoms with Gasteiger partial charge in [-0.25, -0.2) is 0 Å². The first kappa shape index (κ1) is 11.0. The van der Waals surface area contributed by atoms with Crippen LogP contribution in [-0.4, -0.2) is 0 Å². The third-order valence-corrected chi connectivity index (χ3v) is 2.73. The van der Waals surface area contributed by atoms with Crippen molar-refractivity contribution < 1.29 is 4.42 Å². The molecule has 84 valence electrons. The first-order chi connectivity index (χ1) is 7.86. The van der Waals surface area contributed by atoms with Crippen LogP contribution in [0.3, 0.4) is 0 Å². The van der Waals surface area contributed by atoms with E-state index in [-0.39, 0.29) is 6.04 Å². The van der Waals surface area contributed by atoms with Gasteiger partial charge in [0.1, 0.15) is 5.76 Å². The van der Waals surface area contributed by atoms with Crippen LogP contribution in [0.15, 0.2) is 53.1 Å². The predicted molar refractivity (Wildman–Crippen MR) is 65.0 cm³/mol. The number of furan rings is 1. The van der Waals surface area contributed by atoms with Gasteiger partial charge in [-0.05, 0) is 37.0 Å². The van der Waals surface area contributed by atoms with Crippen LogP contribution in [0.5, 0.6) is 0 Å². The summed E-state index contributed by atoms with van der Waals surface area (Å²) in [6.45, 7) is 0. The van der Waals surface area contributed by atoms with Crippen LogP contribution in [0.1, 0.15) is 30.2 Å². The maximum Gasteiger partial charge on any atom is 0.120 e. The molecule has 16 heavy (non-hydrogen) atoms. The van der Waals surface area contributed by atoms with Gasteiger partial charge in [0.05, 0.1) is 12.3 Å². The minimum Gasteiger partial charge on any atom is -0.468 e. The number of hydrogen-bond donors (Lipinski definition) is 1. The summed E-state index contributed by atoms with van der Waals surface area (Å²) in [4.78, 5) is 0. The Bertz CT molecular complexity index is 394. The van der Waals surface area contributed by atoms with E-state index in [1.54, 1.807) is 6.26 Å². The lowest BCUT2D eigenvalue weighted by molar-refractivity contribution is 0.446. The van der Waals surface area contributed by atoms with Crippen LogP contribution in [0, 0.1) is 0 Å². The van der Waals surface area contributed by atoms with Gasteiger partial charge in [0.15, 0.2) is 0 Å². The molecular weight excluding hydrogens is 198 g/mol. The number of aryl methyl sites for hydroxylation is 1. The van der Waals surface area contributed by atoms with Crippen LogP contribution < -0.4 is 5.73 Å². The highest BCUT2D eigenvalue weighted by Crippen LogP contribution is 2.17. The van der Waals surface area contributed by atoms with E-state index in [1.165, 1.54) is 5.56 Å². The maximum absolute atomic E-state index is 6.01. The van der Waals surface area contributed by atoms with Gasteiger partial charge < -0.3 is 10.2 Å². The molecule has 2 rings (SSSR count). The van der Waals surface area contributed by atoms with Crippen LogP contribution in [0.25, 0.3) is 0 Å². The molecule has 1 aromatic carbocycles. The fourth-order valence-electron chi connectivity index (χ4n) is 1.82. The SMILES string of the molecule is NC(CCCc1ccccc1)c1ccco1. The van der Waals surface area contributed by atoms with E-state index in [1.807, 2.05) is 18.2 Å². The van der Waals surface area contributed by atoms with Gasteiger partial charge in [-0.3, -0.25) is 0 Å². The van der Waals surface area contributed by atoms with E-state index in [4.69, 9.17) is 10.2 Å². The Labute approximate surface area is 96.1 Å². The summed E-state index contributed by atoms with van der Waals surface area (Å²) < 4.78 is 5.27. The zero-order valence-electron chi connectivity index (χ0n) is 9.30. The van der Waals surface area contributed by atoms with Crippen molar-refractivity contribution >= 4 is 0 Å². The standard InChI is InChI=1S/C14H17NO/c15-13(14-10-5-11-16-14)9-4-8-12-6-2-1-3-7-12/h1-3,5-7,10-11,13H,4,8-9,15H2. The molecule has 0 radical (unpaired) electrons. The van der Waals surface area contributed by atoms with Crippen molar-refractivity contribution in [2.75, 3.05) is 0 Å². The highest BCUT2D eigenvalue weighted by molar-refractivity contribution is 5.14. The molecule has 1 unspecified atom stereocenters. The lowest BCUT2D eigenvalue weighted by Gasteiger charge is -2.08. The molecule has 2 aromatic rings. The van der Waals surface area contributed by atoms with E-state index in [2.05, 4.69) is 24.3 Å². The molecule has 1 atom stereocenters. The number of rotatable bonds is 5. The van der Waals surface area contributed by atoms with Gasteiger partial charge >= 0.3 is 0 Å². The lowest BCUT2D eigenvalue weighted by Crippen LogP contribution is -2.09. The molecule has 0 saturated carbocycles. The van der Waals surface area contributed by atoms with Crippen molar-refractivity contribution in [1.29, 1.82) is 0 Å². The molecule has 0 bridgehead atoms. The Balaban J connectivity index is 1.76. The van der Waals surface area contributed by atoms with Crippen molar-refractivity contribution in [3.63, 3.8) is 0 Å². The average molecular weight is 215 g/mol. The molecule has 0 aliphatic carbocycles. The molecule has 1 heterocycles. The second-order valence-corrected chi connectivity index (χ2v) is 4.00. The Morgan fingerprint density at radius 3 is 2.56 bits per heavy atom. The third kappa shape index (κ3) is 2.97. The van der Waals surface area contributed by atoms with Crippen molar-refractivity contribution in [3.05, 3.63) is 60.1 Å². The molecule has 2 heteroatoms. The van der Waals surface area contributed by atoms with Gasteiger partial charge in [0.25, 0.3) is 0 Å². The highest BCUT2D eigenvalue weighted by Gasteiger charge is 2.07. The molecule has 0 fully saturated rings. The fourth-order valence-corrected chi connectivity index (χ4v) is 1.82. The van der Waals surface area contributed by atoms with E-state index >= 15 is 0 Å². The summed E-state index contributed by atoms with van der Waals surface area (Å²) in [5.74, 6) is 0.882. The average Bonchev–Trinajstić information content (AvgIpc) is 2.84. The minimum absolute atomic E-state index is 0.0266. The molecule has 1 aromatic heterocycles. The summed E-state index contributed by atoms with van der Waals surface area (Å²) in [5, 5.41) is 0. The van der Waals surface area contributed by atoms with Crippen molar-refractivity contribution in [1.82, 2.24) is 0 Å². The number of benzene rings is 1. The van der Waals surface area contributed by atoms with Gasteiger partial charge in [-0.15, -0.1) is 0 Å². The molecule has 2 N–H and O–H groups in total. The number of nitrogens with two attached hydrogens (primary N) is 1. The topological polar surface area (TPSA) is 39.2 Å². The quantitative estimate of drug-likeness (QED) is 0.831. The molecule has 0 saturated heterocycles. The van der Waals surface area contributed by atoms with E-state index in [0.717, 1.165) is 25.0 Å². The van der Waals surface area contributed by atoms with E-state index < -0.39 is 0 Å². The fraction of sp³-hybridized carbons (Fsp3) is 0.286. The zero-order valence-corrected chi connectivity index (χ0v) is 9.30. The monoisotopic (exact) mass is 215 g/mol. The van der Waals surface area contributed by atoms with Crippen LogP contribution in [-0.2, 0) is 6.42 Å². The van der Waals surface area contributed by atoms with Gasteiger partial charge in [-0.2, -0.15) is 0 Å². The molecule has 0 aliphatic heterocycles. The van der Waals surface area contributed by atoms with Gasteiger partial charge in [0, 0.05) is 0 Å². The second-order valence-electron chi connectivity index (χ2n) is 4.00. The van der Waals surface area contributed by atoms with Crippen molar-refractivity contribution in [2.24, 2.45) is 5.73 Å². The Kier molecular flexibility index (Phi) is 3.78. The van der Waals surface area contributed by atoms with Crippen LogP contribution in [0.2, 0.25) is 0 Å². The molecule has 2 nitrogen and oxygen atoms in total. The van der Waals surface area contributed by atoms with E-state index in [9.17, 15) is 0 Å². The first-order valence-corrected chi connectivity index (χ1v) is 5.69. The second kappa shape index (κ2) is 5.52. The van der Waals surface area contributed by atoms with Crippen molar-refractivity contribution in [3.8, 4) is 0 Å². The Morgan fingerprint density at radius 2 is 1.88 bits per heavy atom.